The van der Waals surface area contributed by atoms with Gasteiger partial charge in [-0.2, -0.15) is 0 Å². The minimum atomic E-state index is -0.506. The van der Waals surface area contributed by atoms with Crippen molar-refractivity contribution in [2.24, 2.45) is 0 Å². The average Bonchev–Trinajstić information content (AvgIpc) is 3.89. The summed E-state index contributed by atoms with van der Waals surface area (Å²) in [6.45, 7) is 0. The van der Waals surface area contributed by atoms with Gasteiger partial charge in [0.05, 0.1) is 16.4 Å². The molecule has 304 valence electrons. The molecule has 0 fully saturated rings. The largest absolute Gasteiger partial charge is 0.310 e. The Morgan fingerprint density at radius 2 is 0.862 bits per heavy atom. The molecule has 0 bridgehead atoms. The third kappa shape index (κ3) is 5.67. The predicted molar refractivity (Wildman–Crippen MR) is 272 cm³/mol. The summed E-state index contributed by atoms with van der Waals surface area (Å²) in [7, 11) is 0. The highest BCUT2D eigenvalue weighted by Crippen LogP contribution is 2.57. The zero-order valence-electron chi connectivity index (χ0n) is 35.6. The van der Waals surface area contributed by atoms with Crippen LogP contribution in [0.15, 0.2) is 255 Å². The topological polar surface area (TPSA) is 8.17 Å². The number of benzene rings is 11. The molecule has 0 saturated carbocycles. The smallest absolute Gasteiger partial charge is 0.0714 e. The van der Waals surface area contributed by atoms with E-state index in [1.165, 1.54) is 93.9 Å². The maximum Gasteiger partial charge on any atom is 0.0714 e. The van der Waals surface area contributed by atoms with Crippen molar-refractivity contribution in [3.8, 4) is 39.1 Å². The van der Waals surface area contributed by atoms with Gasteiger partial charge in [0.25, 0.3) is 0 Å². The Hall–Kier alpha value is -8.46. The van der Waals surface area contributed by atoms with Gasteiger partial charge in [-0.25, -0.2) is 0 Å². The Morgan fingerprint density at radius 1 is 0.323 bits per heavy atom. The highest BCUT2D eigenvalue weighted by molar-refractivity contribution is 6.26. The molecule has 0 aliphatic heterocycles. The van der Waals surface area contributed by atoms with Crippen LogP contribution in [-0.4, -0.2) is 4.57 Å². The molecule has 2 heteroatoms. The summed E-state index contributed by atoms with van der Waals surface area (Å²) in [4.78, 5) is 2.43. The van der Waals surface area contributed by atoms with Crippen LogP contribution in [0.1, 0.15) is 22.3 Å². The number of para-hydroxylation sites is 1. The summed E-state index contributed by atoms with van der Waals surface area (Å²) in [6, 6.07) is 93.7. The summed E-state index contributed by atoms with van der Waals surface area (Å²) in [6.07, 6.45) is 0. The molecule has 1 aliphatic carbocycles. The van der Waals surface area contributed by atoms with Crippen molar-refractivity contribution in [3.05, 3.63) is 277 Å². The maximum absolute atomic E-state index is 2.46. The van der Waals surface area contributed by atoms with Crippen LogP contribution in [0.2, 0.25) is 0 Å². The molecule has 0 saturated heterocycles. The lowest BCUT2D eigenvalue weighted by Crippen LogP contribution is -2.28. The second-order valence-electron chi connectivity index (χ2n) is 17.2. The first-order valence-corrected chi connectivity index (χ1v) is 22.5. The fourth-order valence-electron chi connectivity index (χ4n) is 11.0. The maximum atomic E-state index is 2.46. The van der Waals surface area contributed by atoms with E-state index in [4.69, 9.17) is 0 Å². The van der Waals surface area contributed by atoms with E-state index in [0.29, 0.717) is 0 Å². The van der Waals surface area contributed by atoms with Crippen molar-refractivity contribution in [3.63, 3.8) is 0 Å². The van der Waals surface area contributed by atoms with Crippen molar-refractivity contribution in [1.82, 2.24) is 4.57 Å². The lowest BCUT2D eigenvalue weighted by molar-refractivity contribution is 0.768. The second kappa shape index (κ2) is 14.8. The number of anilines is 3. The zero-order chi connectivity index (χ0) is 42.9. The van der Waals surface area contributed by atoms with Crippen molar-refractivity contribution in [2.75, 3.05) is 4.90 Å². The van der Waals surface area contributed by atoms with Gasteiger partial charge >= 0.3 is 0 Å². The van der Waals surface area contributed by atoms with Crippen molar-refractivity contribution in [2.45, 2.75) is 5.41 Å². The number of rotatable bonds is 8. The minimum absolute atomic E-state index is 0.506. The SMILES string of the molecule is c1ccc(-c2ccc(N(c3ccc(-c4ccc5c6c4ccc4cccc(c46)n5-c4ccccc4)cc3)c3ccc4c(c3)C(c3ccccc3)(c3ccccc3)c3ccccc3-4)cc2)cc1. The van der Waals surface area contributed by atoms with E-state index in [0.717, 1.165) is 17.1 Å². The molecule has 12 aromatic rings. The van der Waals surface area contributed by atoms with Crippen LogP contribution in [0.5, 0.6) is 0 Å². The summed E-state index contributed by atoms with van der Waals surface area (Å²) in [5.74, 6) is 0. The van der Waals surface area contributed by atoms with Crippen molar-refractivity contribution >= 4 is 49.6 Å². The van der Waals surface area contributed by atoms with E-state index in [1.807, 2.05) is 0 Å². The van der Waals surface area contributed by atoms with Gasteiger partial charge in [-0.1, -0.05) is 194 Å². The van der Waals surface area contributed by atoms with Gasteiger partial charge in [0.1, 0.15) is 0 Å². The van der Waals surface area contributed by atoms with E-state index in [-0.39, 0.29) is 0 Å². The van der Waals surface area contributed by atoms with Gasteiger partial charge < -0.3 is 9.47 Å². The summed E-state index contributed by atoms with van der Waals surface area (Å²) >= 11 is 0. The first-order chi connectivity index (χ1) is 32.3. The molecule has 0 N–H and O–H groups in total. The number of nitrogens with zero attached hydrogens (tertiary/aromatic N) is 2. The molecule has 0 atom stereocenters. The Balaban J connectivity index is 0.986. The summed E-state index contributed by atoms with van der Waals surface area (Å²) in [5.41, 5.74) is 18.9. The zero-order valence-corrected chi connectivity index (χ0v) is 35.6. The second-order valence-corrected chi connectivity index (χ2v) is 17.2. The average molecular weight is 827 g/mol. The molecule has 1 heterocycles. The summed E-state index contributed by atoms with van der Waals surface area (Å²) < 4.78 is 2.41. The van der Waals surface area contributed by atoms with Gasteiger partial charge in [-0.3, -0.25) is 0 Å². The predicted octanol–water partition coefficient (Wildman–Crippen LogP) is 16.5. The monoisotopic (exact) mass is 826 g/mol. The standard InChI is InChI=1S/C63H42N2/c1-5-16-43(17-6-1)44-28-33-50(34-29-44)64(52-37-39-55-54-25-13-14-26-57(54)63(58(55)42-52,47-19-7-2-8-20-47)48-21-9-3-10-22-48)51-35-30-45(31-36-51)53-40-41-60-62-56(53)38-32-46-18-15-27-59(61(46)62)65(60)49-23-11-4-12-24-49/h1-42H. The fraction of sp³-hybridized carbons (Fsp3) is 0.0159. The Bertz CT molecular complexity index is 3630. The lowest BCUT2D eigenvalue weighted by atomic mass is 9.67. The number of hydrogen-bond donors (Lipinski definition) is 0. The number of hydrogen-bond acceptors (Lipinski definition) is 1. The van der Waals surface area contributed by atoms with E-state index in [1.54, 1.807) is 0 Å². The third-order valence-corrected chi connectivity index (χ3v) is 13.8. The normalized spacial score (nSPS) is 12.7. The molecule has 0 radical (unpaired) electrons. The third-order valence-electron chi connectivity index (χ3n) is 13.8. The molecule has 11 aromatic carbocycles. The Kier molecular flexibility index (Phi) is 8.47. The number of aromatic nitrogens is 1. The van der Waals surface area contributed by atoms with Crippen molar-refractivity contribution in [1.29, 1.82) is 0 Å². The van der Waals surface area contributed by atoms with E-state index >= 15 is 0 Å². The Morgan fingerprint density at radius 3 is 1.55 bits per heavy atom. The van der Waals surface area contributed by atoms with E-state index in [2.05, 4.69) is 264 Å². The molecule has 0 spiro atoms. The first-order valence-electron chi connectivity index (χ1n) is 22.5. The lowest BCUT2D eigenvalue weighted by Gasteiger charge is -2.35. The minimum Gasteiger partial charge on any atom is -0.310 e. The number of fused-ring (bicyclic) bond motifs is 3. The van der Waals surface area contributed by atoms with Crippen LogP contribution < -0.4 is 4.90 Å². The molecule has 13 rings (SSSR count). The van der Waals surface area contributed by atoms with Crippen LogP contribution >= 0.6 is 0 Å². The van der Waals surface area contributed by atoms with Crippen LogP contribution in [-0.2, 0) is 5.41 Å². The van der Waals surface area contributed by atoms with Gasteiger partial charge in [0.15, 0.2) is 0 Å². The fourth-order valence-corrected chi connectivity index (χ4v) is 11.0. The van der Waals surface area contributed by atoms with E-state index in [9.17, 15) is 0 Å². The summed E-state index contributed by atoms with van der Waals surface area (Å²) in [5, 5.41) is 5.15. The quantitative estimate of drug-likeness (QED) is 0.139. The first kappa shape index (κ1) is 37.1. The Labute approximate surface area is 378 Å². The molecular weight excluding hydrogens is 785 g/mol. The van der Waals surface area contributed by atoms with Gasteiger partial charge in [-0.05, 0) is 127 Å². The van der Waals surface area contributed by atoms with Gasteiger partial charge in [0, 0.05) is 33.5 Å². The van der Waals surface area contributed by atoms with Crippen LogP contribution in [0, 0.1) is 0 Å². The molecule has 1 aromatic heterocycles. The van der Waals surface area contributed by atoms with Gasteiger partial charge in [0.2, 0.25) is 0 Å². The van der Waals surface area contributed by atoms with E-state index < -0.39 is 5.41 Å². The highest BCUT2D eigenvalue weighted by Gasteiger charge is 2.46. The molecule has 0 unspecified atom stereocenters. The van der Waals surface area contributed by atoms with Crippen molar-refractivity contribution < 1.29 is 0 Å². The van der Waals surface area contributed by atoms with Crippen LogP contribution in [0.25, 0.3) is 71.6 Å². The molecule has 2 nitrogen and oxygen atoms in total. The van der Waals surface area contributed by atoms with Crippen LogP contribution in [0.4, 0.5) is 17.1 Å². The molecule has 0 amide bonds. The molecule has 1 aliphatic rings. The highest BCUT2D eigenvalue weighted by atomic mass is 15.1. The van der Waals surface area contributed by atoms with Gasteiger partial charge in [-0.15, -0.1) is 0 Å². The molecular formula is C63H42N2. The van der Waals surface area contributed by atoms with Crippen LogP contribution in [0.3, 0.4) is 0 Å². The molecule has 65 heavy (non-hydrogen) atoms.